The Balaban J connectivity index is 1.45. The van der Waals surface area contributed by atoms with Gasteiger partial charge in [0.15, 0.2) is 0 Å². The molecular weight excluding hydrogens is 403 g/mol. The van der Waals surface area contributed by atoms with E-state index in [1.807, 2.05) is 17.9 Å². The topological polar surface area (TPSA) is 65.1 Å². The van der Waals surface area contributed by atoms with Gasteiger partial charge in [-0.25, -0.2) is 4.79 Å². The number of rotatable bonds is 4. The van der Waals surface area contributed by atoms with Gasteiger partial charge in [-0.15, -0.1) is 0 Å². The number of carbonyl (C=O) groups is 2. The smallest absolute Gasteiger partial charge is 0.317 e. The Morgan fingerprint density at radius 1 is 1.07 bits per heavy atom. The van der Waals surface area contributed by atoms with E-state index >= 15 is 0 Å². The van der Waals surface area contributed by atoms with Gasteiger partial charge in [0, 0.05) is 49.3 Å². The second-order valence-electron chi connectivity index (χ2n) is 7.09. The summed E-state index contributed by atoms with van der Waals surface area (Å²) in [5.41, 5.74) is 0.828. The Labute approximate surface area is 175 Å². The lowest BCUT2D eigenvalue weighted by Crippen LogP contribution is -2.54. The van der Waals surface area contributed by atoms with E-state index < -0.39 is 0 Å². The largest absolute Gasteiger partial charge is 0.378 e. The van der Waals surface area contributed by atoms with Crippen LogP contribution in [0.2, 0.25) is 10.0 Å². The second-order valence-corrected chi connectivity index (χ2v) is 7.94. The number of nitrogens with one attached hydrogen (secondary N) is 1. The number of amides is 3. The van der Waals surface area contributed by atoms with Crippen LogP contribution in [0.15, 0.2) is 18.2 Å². The number of benzene rings is 1. The zero-order chi connectivity index (χ0) is 20.1. The predicted molar refractivity (Wildman–Crippen MR) is 109 cm³/mol. The second kappa shape index (κ2) is 9.78. The Kier molecular flexibility index (Phi) is 7.40. The first-order valence-electron chi connectivity index (χ1n) is 9.52. The normalized spacial score (nSPS) is 19.4. The average molecular weight is 429 g/mol. The average Bonchev–Trinajstić information content (AvgIpc) is 2.69. The molecule has 3 amide bonds. The van der Waals surface area contributed by atoms with Crippen LogP contribution in [-0.4, -0.2) is 85.7 Å². The van der Waals surface area contributed by atoms with E-state index in [2.05, 4.69) is 10.2 Å². The molecule has 154 valence electrons. The van der Waals surface area contributed by atoms with E-state index in [1.165, 1.54) is 0 Å². The minimum Gasteiger partial charge on any atom is -0.378 e. The van der Waals surface area contributed by atoms with Crippen molar-refractivity contribution < 1.29 is 14.3 Å². The van der Waals surface area contributed by atoms with Crippen molar-refractivity contribution in [3.05, 3.63) is 33.8 Å². The highest BCUT2D eigenvalue weighted by atomic mass is 35.5. The molecule has 2 heterocycles. The van der Waals surface area contributed by atoms with E-state index in [0.29, 0.717) is 69.1 Å². The fourth-order valence-electron chi connectivity index (χ4n) is 3.42. The molecule has 1 atom stereocenters. The summed E-state index contributed by atoms with van der Waals surface area (Å²) >= 11 is 12.2. The minimum absolute atomic E-state index is 0.127. The van der Waals surface area contributed by atoms with Gasteiger partial charge in [-0.2, -0.15) is 0 Å². The summed E-state index contributed by atoms with van der Waals surface area (Å²) in [4.78, 5) is 30.6. The van der Waals surface area contributed by atoms with Gasteiger partial charge in [0.2, 0.25) is 5.91 Å². The van der Waals surface area contributed by atoms with Crippen LogP contribution in [0.1, 0.15) is 18.5 Å². The van der Waals surface area contributed by atoms with Crippen LogP contribution < -0.4 is 5.32 Å². The molecule has 0 aromatic heterocycles. The molecule has 2 aliphatic rings. The van der Waals surface area contributed by atoms with Crippen molar-refractivity contribution in [2.75, 3.05) is 59.0 Å². The molecule has 1 N–H and O–H groups in total. The van der Waals surface area contributed by atoms with Gasteiger partial charge in [-0.3, -0.25) is 9.69 Å². The van der Waals surface area contributed by atoms with Crippen molar-refractivity contribution in [1.29, 1.82) is 0 Å². The molecule has 1 aromatic rings. The minimum atomic E-state index is -0.224. The van der Waals surface area contributed by atoms with Crippen molar-refractivity contribution in [2.24, 2.45) is 0 Å². The number of nitrogens with zero attached hydrogens (tertiary/aromatic N) is 3. The van der Waals surface area contributed by atoms with Crippen molar-refractivity contribution in [3.8, 4) is 0 Å². The maximum Gasteiger partial charge on any atom is 0.317 e. The summed E-state index contributed by atoms with van der Waals surface area (Å²) in [6.45, 7) is 7.35. The fourth-order valence-corrected chi connectivity index (χ4v) is 3.99. The zero-order valence-corrected chi connectivity index (χ0v) is 17.5. The summed E-state index contributed by atoms with van der Waals surface area (Å²) in [5.74, 6) is 0.132. The van der Waals surface area contributed by atoms with Crippen LogP contribution in [0.3, 0.4) is 0 Å². The highest BCUT2D eigenvalue weighted by Gasteiger charge is 2.26. The molecule has 0 bridgehead atoms. The summed E-state index contributed by atoms with van der Waals surface area (Å²) in [6.07, 6.45) is 0. The van der Waals surface area contributed by atoms with Gasteiger partial charge in [-0.1, -0.05) is 29.3 Å². The lowest BCUT2D eigenvalue weighted by molar-refractivity contribution is -0.136. The third kappa shape index (κ3) is 5.50. The Hall–Kier alpha value is -1.54. The van der Waals surface area contributed by atoms with Crippen LogP contribution in [0.5, 0.6) is 0 Å². The SMILES string of the molecule is C[C@@H](NC(=O)N1CCN(CC(=O)N2CCOCC2)CC1)c1ccc(Cl)cc1Cl. The molecule has 3 rings (SSSR count). The number of urea groups is 1. The number of carbonyl (C=O) groups excluding carboxylic acids is 2. The molecule has 1 aromatic carbocycles. The van der Waals surface area contributed by atoms with Crippen LogP contribution >= 0.6 is 23.2 Å². The predicted octanol–water partition coefficient (Wildman–Crippen LogP) is 2.24. The van der Waals surface area contributed by atoms with Crippen molar-refractivity contribution in [2.45, 2.75) is 13.0 Å². The Morgan fingerprint density at radius 3 is 2.39 bits per heavy atom. The molecule has 0 saturated carbocycles. The molecule has 28 heavy (non-hydrogen) atoms. The Morgan fingerprint density at radius 2 is 1.75 bits per heavy atom. The first-order valence-corrected chi connectivity index (χ1v) is 10.3. The first-order chi connectivity index (χ1) is 13.4. The number of halogens is 2. The maximum atomic E-state index is 12.6. The lowest BCUT2D eigenvalue weighted by atomic mass is 10.1. The third-order valence-corrected chi connectivity index (χ3v) is 5.71. The Bertz CT molecular complexity index is 704. The summed E-state index contributed by atoms with van der Waals surface area (Å²) in [7, 11) is 0. The molecule has 9 heteroatoms. The van der Waals surface area contributed by atoms with Crippen LogP contribution in [0.25, 0.3) is 0 Å². The van der Waals surface area contributed by atoms with Crippen LogP contribution in [0.4, 0.5) is 4.79 Å². The molecule has 0 aliphatic carbocycles. The van der Waals surface area contributed by atoms with Crippen LogP contribution in [-0.2, 0) is 9.53 Å². The van der Waals surface area contributed by atoms with Gasteiger partial charge < -0.3 is 19.9 Å². The fraction of sp³-hybridized carbons (Fsp3) is 0.579. The maximum absolute atomic E-state index is 12.6. The zero-order valence-electron chi connectivity index (χ0n) is 16.0. The summed E-state index contributed by atoms with van der Waals surface area (Å²) < 4.78 is 5.28. The van der Waals surface area contributed by atoms with E-state index in [9.17, 15) is 9.59 Å². The molecule has 2 fully saturated rings. The van der Waals surface area contributed by atoms with Crippen LogP contribution in [0, 0.1) is 0 Å². The molecule has 0 unspecified atom stereocenters. The number of hydrogen-bond donors (Lipinski definition) is 1. The molecule has 7 nitrogen and oxygen atoms in total. The van der Waals surface area contributed by atoms with Crippen molar-refractivity contribution in [3.63, 3.8) is 0 Å². The number of morpholine rings is 1. The van der Waals surface area contributed by atoms with Gasteiger partial charge in [0.25, 0.3) is 0 Å². The molecular formula is C19H26Cl2N4O3. The van der Waals surface area contributed by atoms with E-state index in [-0.39, 0.29) is 18.0 Å². The van der Waals surface area contributed by atoms with Gasteiger partial charge in [0.05, 0.1) is 25.8 Å². The van der Waals surface area contributed by atoms with Gasteiger partial charge in [-0.05, 0) is 24.6 Å². The highest BCUT2D eigenvalue weighted by molar-refractivity contribution is 6.35. The van der Waals surface area contributed by atoms with Gasteiger partial charge in [0.1, 0.15) is 0 Å². The monoisotopic (exact) mass is 428 g/mol. The molecule has 2 aliphatic heterocycles. The third-order valence-electron chi connectivity index (χ3n) is 5.15. The summed E-state index contributed by atoms with van der Waals surface area (Å²) in [5, 5.41) is 4.08. The number of ether oxygens (including phenoxy) is 1. The van der Waals surface area contributed by atoms with Crippen molar-refractivity contribution in [1.82, 2.24) is 20.0 Å². The quantitative estimate of drug-likeness (QED) is 0.798. The number of hydrogen-bond acceptors (Lipinski definition) is 4. The van der Waals surface area contributed by atoms with E-state index in [1.54, 1.807) is 17.0 Å². The molecule has 2 saturated heterocycles. The molecule has 0 radical (unpaired) electrons. The van der Waals surface area contributed by atoms with E-state index in [0.717, 1.165) is 5.56 Å². The molecule has 0 spiro atoms. The standard InChI is InChI=1S/C19H26Cl2N4O3/c1-14(16-3-2-15(20)12-17(16)21)22-19(27)25-6-4-23(5-7-25)13-18(26)24-8-10-28-11-9-24/h2-3,12,14H,4-11,13H2,1H3,(H,22,27)/t14-/m1/s1. The van der Waals surface area contributed by atoms with Gasteiger partial charge >= 0.3 is 6.03 Å². The highest BCUT2D eigenvalue weighted by Crippen LogP contribution is 2.26. The summed E-state index contributed by atoms with van der Waals surface area (Å²) in [6, 6.07) is 4.90. The lowest BCUT2D eigenvalue weighted by Gasteiger charge is -2.36. The van der Waals surface area contributed by atoms with Crippen molar-refractivity contribution >= 4 is 35.1 Å². The first kappa shape index (κ1) is 21.2. The van der Waals surface area contributed by atoms with E-state index in [4.69, 9.17) is 27.9 Å². The number of piperazine rings is 1.